The lowest BCUT2D eigenvalue weighted by molar-refractivity contribution is 0.0616. The van der Waals surface area contributed by atoms with E-state index in [2.05, 4.69) is 0 Å². The Morgan fingerprint density at radius 1 is 1.56 bits per heavy atom. The van der Waals surface area contributed by atoms with Crippen LogP contribution in [0.15, 0.2) is 18.2 Å². The molecule has 0 aromatic heterocycles. The summed E-state index contributed by atoms with van der Waals surface area (Å²) in [5, 5.41) is 9.40. The van der Waals surface area contributed by atoms with E-state index < -0.39 is 5.82 Å². The highest BCUT2D eigenvalue weighted by atomic mass is 35.5. The van der Waals surface area contributed by atoms with Crippen molar-refractivity contribution in [1.29, 1.82) is 0 Å². The molecule has 18 heavy (non-hydrogen) atoms. The Kier molecular flexibility index (Phi) is 4.19. The molecule has 0 spiro atoms. The SMILES string of the molecule is O=C(c1ccc(Cl)cc1F)N1CCCC(CO)C1. The molecule has 3 nitrogen and oxygen atoms in total. The predicted octanol–water partition coefficient (Wildman–Crippen LogP) is 2.32. The van der Waals surface area contributed by atoms with Crippen molar-refractivity contribution in [2.24, 2.45) is 5.92 Å². The van der Waals surface area contributed by atoms with E-state index >= 15 is 0 Å². The van der Waals surface area contributed by atoms with Gasteiger partial charge < -0.3 is 10.0 Å². The molecule has 1 saturated heterocycles. The number of piperidine rings is 1. The molecule has 1 unspecified atom stereocenters. The standard InChI is InChI=1S/C13H15ClFNO2/c14-10-3-4-11(12(15)6-10)13(18)16-5-1-2-9(7-16)8-17/h3-4,6,9,17H,1-2,5,7-8H2. The maximum atomic E-state index is 13.7. The van der Waals surface area contributed by atoms with Crippen LogP contribution in [0.4, 0.5) is 4.39 Å². The first kappa shape index (κ1) is 13.3. The van der Waals surface area contributed by atoms with Gasteiger partial charge in [-0.15, -0.1) is 0 Å². The number of hydrogen-bond donors (Lipinski definition) is 1. The fourth-order valence-electron chi connectivity index (χ4n) is 2.23. The molecule has 0 aliphatic carbocycles. The summed E-state index contributed by atoms with van der Waals surface area (Å²) in [4.78, 5) is 13.7. The van der Waals surface area contributed by atoms with Gasteiger partial charge in [-0.1, -0.05) is 11.6 Å². The number of carbonyl (C=O) groups excluding carboxylic acids is 1. The number of hydrogen-bond acceptors (Lipinski definition) is 2. The van der Waals surface area contributed by atoms with Crippen LogP contribution in [0.3, 0.4) is 0 Å². The van der Waals surface area contributed by atoms with Crippen molar-refractivity contribution in [3.63, 3.8) is 0 Å². The largest absolute Gasteiger partial charge is 0.396 e. The van der Waals surface area contributed by atoms with Crippen LogP contribution in [0, 0.1) is 11.7 Å². The number of nitrogens with zero attached hydrogens (tertiary/aromatic N) is 1. The molecule has 1 aliphatic rings. The van der Waals surface area contributed by atoms with Gasteiger partial charge in [0.1, 0.15) is 5.82 Å². The van der Waals surface area contributed by atoms with E-state index in [9.17, 15) is 9.18 Å². The summed E-state index contributed by atoms with van der Waals surface area (Å²) in [5.74, 6) is -0.834. The summed E-state index contributed by atoms with van der Waals surface area (Å²) in [6.45, 7) is 1.15. The molecule has 0 saturated carbocycles. The van der Waals surface area contributed by atoms with Gasteiger partial charge in [0.05, 0.1) is 5.56 Å². The lowest BCUT2D eigenvalue weighted by atomic mass is 9.98. The Bertz CT molecular complexity index is 453. The summed E-state index contributed by atoms with van der Waals surface area (Å²) in [7, 11) is 0. The van der Waals surface area contributed by atoms with E-state index in [-0.39, 0.29) is 29.0 Å². The number of aliphatic hydroxyl groups is 1. The van der Waals surface area contributed by atoms with Crippen LogP contribution in [0.5, 0.6) is 0 Å². The summed E-state index contributed by atoms with van der Waals surface area (Å²) < 4.78 is 13.7. The highest BCUT2D eigenvalue weighted by molar-refractivity contribution is 6.30. The summed E-state index contributed by atoms with van der Waals surface area (Å²) in [6.07, 6.45) is 1.75. The van der Waals surface area contributed by atoms with Gasteiger partial charge in [-0.05, 0) is 37.0 Å². The maximum absolute atomic E-state index is 13.7. The van der Waals surface area contributed by atoms with Gasteiger partial charge in [0.2, 0.25) is 0 Å². The highest BCUT2D eigenvalue weighted by Crippen LogP contribution is 2.21. The second-order valence-corrected chi connectivity index (χ2v) is 5.00. The van der Waals surface area contributed by atoms with E-state index in [0.717, 1.165) is 18.9 Å². The predicted molar refractivity (Wildman–Crippen MR) is 67.1 cm³/mol. The molecular formula is C13H15ClFNO2. The van der Waals surface area contributed by atoms with E-state index in [0.29, 0.717) is 13.1 Å². The second kappa shape index (κ2) is 5.67. The Morgan fingerprint density at radius 3 is 3.00 bits per heavy atom. The van der Waals surface area contributed by atoms with Crippen LogP contribution in [-0.2, 0) is 0 Å². The molecule has 1 fully saturated rings. The Morgan fingerprint density at radius 2 is 2.33 bits per heavy atom. The van der Waals surface area contributed by atoms with Gasteiger partial charge in [0, 0.05) is 24.7 Å². The third kappa shape index (κ3) is 2.82. The summed E-state index contributed by atoms with van der Waals surface area (Å²) >= 11 is 5.66. The average molecular weight is 272 g/mol. The number of amides is 1. The molecule has 0 bridgehead atoms. The maximum Gasteiger partial charge on any atom is 0.256 e. The fourth-order valence-corrected chi connectivity index (χ4v) is 2.39. The van der Waals surface area contributed by atoms with Crippen molar-refractivity contribution >= 4 is 17.5 Å². The molecule has 2 rings (SSSR count). The van der Waals surface area contributed by atoms with E-state index in [4.69, 9.17) is 16.7 Å². The third-order valence-electron chi connectivity index (χ3n) is 3.23. The quantitative estimate of drug-likeness (QED) is 0.897. The molecule has 0 radical (unpaired) electrons. The first-order valence-electron chi connectivity index (χ1n) is 5.97. The van der Waals surface area contributed by atoms with Crippen molar-refractivity contribution in [1.82, 2.24) is 4.90 Å². The number of carbonyl (C=O) groups is 1. The number of halogens is 2. The fraction of sp³-hybridized carbons (Fsp3) is 0.462. The van der Waals surface area contributed by atoms with E-state index in [1.807, 2.05) is 0 Å². The minimum Gasteiger partial charge on any atom is -0.396 e. The first-order chi connectivity index (χ1) is 8.61. The van der Waals surface area contributed by atoms with Crippen LogP contribution in [0.1, 0.15) is 23.2 Å². The van der Waals surface area contributed by atoms with Crippen LogP contribution < -0.4 is 0 Å². The average Bonchev–Trinajstić information content (AvgIpc) is 2.38. The number of aliphatic hydroxyl groups excluding tert-OH is 1. The summed E-state index contributed by atoms with van der Waals surface area (Å²) in [5.41, 5.74) is 0.0398. The van der Waals surface area contributed by atoms with Gasteiger partial charge in [-0.25, -0.2) is 4.39 Å². The minimum atomic E-state index is -0.598. The van der Waals surface area contributed by atoms with Gasteiger partial charge in [0.25, 0.3) is 5.91 Å². The number of benzene rings is 1. The normalized spacial score (nSPS) is 19.9. The molecule has 1 aromatic rings. The Hall–Kier alpha value is -1.13. The molecule has 1 aliphatic heterocycles. The van der Waals surface area contributed by atoms with Gasteiger partial charge in [-0.3, -0.25) is 4.79 Å². The molecule has 98 valence electrons. The third-order valence-corrected chi connectivity index (χ3v) is 3.46. The zero-order chi connectivity index (χ0) is 13.1. The van der Waals surface area contributed by atoms with E-state index in [1.165, 1.54) is 12.1 Å². The number of rotatable bonds is 2. The van der Waals surface area contributed by atoms with Crippen molar-refractivity contribution in [3.05, 3.63) is 34.6 Å². The molecule has 1 N–H and O–H groups in total. The second-order valence-electron chi connectivity index (χ2n) is 4.57. The van der Waals surface area contributed by atoms with Crippen LogP contribution in [0.25, 0.3) is 0 Å². The molecule has 1 aromatic carbocycles. The molecule has 1 atom stereocenters. The lowest BCUT2D eigenvalue weighted by Crippen LogP contribution is -2.41. The highest BCUT2D eigenvalue weighted by Gasteiger charge is 2.25. The summed E-state index contributed by atoms with van der Waals surface area (Å²) in [6, 6.07) is 4.05. The van der Waals surface area contributed by atoms with Crippen molar-refractivity contribution in [3.8, 4) is 0 Å². The van der Waals surface area contributed by atoms with Crippen LogP contribution in [0.2, 0.25) is 5.02 Å². The zero-order valence-corrected chi connectivity index (χ0v) is 10.7. The van der Waals surface area contributed by atoms with Crippen LogP contribution >= 0.6 is 11.6 Å². The minimum absolute atomic E-state index is 0.0398. The Balaban J connectivity index is 2.15. The number of likely N-dealkylation sites (tertiary alicyclic amines) is 1. The van der Waals surface area contributed by atoms with Crippen molar-refractivity contribution in [2.75, 3.05) is 19.7 Å². The van der Waals surface area contributed by atoms with Gasteiger partial charge in [0.15, 0.2) is 0 Å². The van der Waals surface area contributed by atoms with Gasteiger partial charge in [-0.2, -0.15) is 0 Å². The molecular weight excluding hydrogens is 257 g/mol. The van der Waals surface area contributed by atoms with E-state index in [1.54, 1.807) is 4.90 Å². The zero-order valence-electron chi connectivity index (χ0n) is 9.90. The van der Waals surface area contributed by atoms with Gasteiger partial charge >= 0.3 is 0 Å². The molecule has 1 amide bonds. The Labute approximate surface area is 110 Å². The first-order valence-corrected chi connectivity index (χ1v) is 6.35. The topological polar surface area (TPSA) is 40.5 Å². The lowest BCUT2D eigenvalue weighted by Gasteiger charge is -2.32. The molecule has 1 heterocycles. The smallest absolute Gasteiger partial charge is 0.256 e. The van der Waals surface area contributed by atoms with Crippen LogP contribution in [-0.4, -0.2) is 35.6 Å². The van der Waals surface area contributed by atoms with Crippen molar-refractivity contribution in [2.45, 2.75) is 12.8 Å². The monoisotopic (exact) mass is 271 g/mol. The molecule has 5 heteroatoms. The van der Waals surface area contributed by atoms with Crippen molar-refractivity contribution < 1.29 is 14.3 Å².